The van der Waals surface area contributed by atoms with Crippen LogP contribution in [0.4, 0.5) is 0 Å². The van der Waals surface area contributed by atoms with Gasteiger partial charge in [0.25, 0.3) is 11.5 Å². The molecule has 0 unspecified atom stereocenters. The number of hydrogen-bond donors (Lipinski definition) is 2. The second-order valence-corrected chi connectivity index (χ2v) is 4.33. The monoisotopic (exact) mass is 253 g/mol. The van der Waals surface area contributed by atoms with Crippen molar-refractivity contribution in [2.24, 2.45) is 0 Å². The van der Waals surface area contributed by atoms with Crippen molar-refractivity contribution < 1.29 is 9.63 Å². The van der Waals surface area contributed by atoms with E-state index in [0.717, 1.165) is 0 Å². The van der Waals surface area contributed by atoms with E-state index in [0.29, 0.717) is 27.3 Å². The first kappa shape index (κ1) is 11.7. The summed E-state index contributed by atoms with van der Waals surface area (Å²) in [5.74, 6) is -0.355. The van der Waals surface area contributed by atoms with Gasteiger partial charge in [0, 0.05) is 0 Å². The number of amides is 1. The second-order valence-electron chi connectivity index (χ2n) is 3.33. The van der Waals surface area contributed by atoms with Crippen molar-refractivity contribution in [1.29, 1.82) is 0 Å². The van der Waals surface area contributed by atoms with Crippen molar-refractivity contribution in [1.82, 2.24) is 15.4 Å². The smallest absolute Gasteiger partial charge is 0.285 e. The molecule has 90 valence electrons. The number of aromatic amines is 1. The highest BCUT2D eigenvalue weighted by molar-refractivity contribution is 7.20. The molecule has 6 nitrogen and oxygen atoms in total. The van der Waals surface area contributed by atoms with E-state index in [-0.39, 0.29) is 11.5 Å². The second kappa shape index (κ2) is 4.64. The minimum Gasteiger partial charge on any atom is -0.313 e. The van der Waals surface area contributed by atoms with Gasteiger partial charge in [-0.1, -0.05) is 0 Å². The molecule has 0 radical (unpaired) electrons. The third-order valence-corrected chi connectivity index (χ3v) is 3.45. The predicted octanol–water partition coefficient (Wildman–Crippen LogP) is 0.974. The summed E-state index contributed by atoms with van der Waals surface area (Å²) in [4.78, 5) is 35.7. The zero-order chi connectivity index (χ0) is 12.4. The largest absolute Gasteiger partial charge is 0.313 e. The van der Waals surface area contributed by atoms with Gasteiger partial charge in [0.2, 0.25) is 0 Å². The maximum Gasteiger partial charge on any atom is 0.285 e. The summed E-state index contributed by atoms with van der Waals surface area (Å²) in [5, 5.41) is 0.458. The average Bonchev–Trinajstić information content (AvgIpc) is 2.65. The molecule has 0 atom stereocenters. The van der Waals surface area contributed by atoms with Gasteiger partial charge in [0.05, 0.1) is 23.2 Å². The zero-order valence-electron chi connectivity index (χ0n) is 9.36. The van der Waals surface area contributed by atoms with Crippen LogP contribution < -0.4 is 11.0 Å². The van der Waals surface area contributed by atoms with Crippen LogP contribution in [0.2, 0.25) is 0 Å². The molecule has 1 amide bonds. The Labute approximate surface area is 101 Å². The number of aryl methyl sites for hydroxylation is 1. The van der Waals surface area contributed by atoms with Gasteiger partial charge < -0.3 is 4.98 Å². The first-order valence-electron chi connectivity index (χ1n) is 5.04. The number of thiophene rings is 1. The van der Waals surface area contributed by atoms with Crippen molar-refractivity contribution in [3.8, 4) is 0 Å². The topological polar surface area (TPSA) is 84.1 Å². The Hall–Kier alpha value is -1.73. The number of aromatic nitrogens is 2. The van der Waals surface area contributed by atoms with E-state index in [9.17, 15) is 9.59 Å². The van der Waals surface area contributed by atoms with Crippen LogP contribution in [0.15, 0.2) is 11.1 Å². The zero-order valence-corrected chi connectivity index (χ0v) is 10.2. The number of fused-ring (bicyclic) bond motifs is 1. The van der Waals surface area contributed by atoms with Crippen molar-refractivity contribution in [2.45, 2.75) is 13.8 Å². The van der Waals surface area contributed by atoms with Crippen molar-refractivity contribution >= 4 is 27.5 Å². The third kappa shape index (κ3) is 2.06. The summed E-state index contributed by atoms with van der Waals surface area (Å²) >= 11 is 1.17. The summed E-state index contributed by atoms with van der Waals surface area (Å²) in [5.41, 5.74) is 2.69. The Bertz CT molecular complexity index is 617. The summed E-state index contributed by atoms with van der Waals surface area (Å²) in [7, 11) is 0. The number of hydrogen-bond acceptors (Lipinski definition) is 5. The Morgan fingerprint density at radius 1 is 1.65 bits per heavy atom. The Balaban J connectivity index is 2.49. The Morgan fingerprint density at radius 3 is 3.06 bits per heavy atom. The molecule has 0 aliphatic heterocycles. The fourth-order valence-electron chi connectivity index (χ4n) is 1.48. The molecule has 2 heterocycles. The minimum atomic E-state index is -0.355. The fraction of sp³-hybridized carbons (Fsp3) is 0.300. The summed E-state index contributed by atoms with van der Waals surface area (Å²) in [6.07, 6.45) is 1.32. The molecular weight excluding hydrogens is 242 g/mol. The van der Waals surface area contributed by atoms with E-state index in [1.807, 2.05) is 0 Å². The quantitative estimate of drug-likeness (QED) is 0.798. The summed E-state index contributed by atoms with van der Waals surface area (Å²) < 4.78 is 0. The molecule has 2 N–H and O–H groups in total. The number of rotatable bonds is 3. The van der Waals surface area contributed by atoms with E-state index in [1.165, 1.54) is 17.7 Å². The van der Waals surface area contributed by atoms with E-state index in [1.54, 1.807) is 13.8 Å². The summed E-state index contributed by atoms with van der Waals surface area (Å²) in [6, 6.07) is 0. The fourth-order valence-corrected chi connectivity index (χ4v) is 2.52. The molecule has 17 heavy (non-hydrogen) atoms. The van der Waals surface area contributed by atoms with Gasteiger partial charge in [0.15, 0.2) is 0 Å². The van der Waals surface area contributed by atoms with Gasteiger partial charge in [0.1, 0.15) is 4.83 Å². The normalized spacial score (nSPS) is 10.7. The van der Waals surface area contributed by atoms with Gasteiger partial charge in [-0.25, -0.2) is 10.5 Å². The van der Waals surface area contributed by atoms with Crippen LogP contribution in [-0.4, -0.2) is 22.5 Å². The van der Waals surface area contributed by atoms with Crippen LogP contribution in [0.1, 0.15) is 22.2 Å². The first-order chi connectivity index (χ1) is 8.15. The lowest BCUT2D eigenvalue weighted by Crippen LogP contribution is -2.23. The van der Waals surface area contributed by atoms with Gasteiger partial charge >= 0.3 is 0 Å². The molecule has 0 aliphatic carbocycles. The molecular formula is C10H11N3O3S. The summed E-state index contributed by atoms with van der Waals surface area (Å²) in [6.45, 7) is 3.87. The third-order valence-electron chi connectivity index (χ3n) is 2.25. The number of nitrogens with zero attached hydrogens (tertiary/aromatic N) is 1. The highest BCUT2D eigenvalue weighted by Crippen LogP contribution is 2.26. The molecule has 2 rings (SSSR count). The maximum absolute atomic E-state index is 11.7. The Morgan fingerprint density at radius 2 is 2.41 bits per heavy atom. The van der Waals surface area contributed by atoms with Crippen molar-refractivity contribution in [3.05, 3.63) is 27.1 Å². The number of nitrogens with one attached hydrogen (secondary N) is 2. The molecule has 2 aromatic heterocycles. The molecule has 7 heteroatoms. The average molecular weight is 253 g/mol. The number of hydroxylamine groups is 1. The lowest BCUT2D eigenvalue weighted by molar-refractivity contribution is 0.0368. The molecule has 0 saturated heterocycles. The molecule has 0 spiro atoms. The minimum absolute atomic E-state index is 0.237. The highest BCUT2D eigenvalue weighted by Gasteiger charge is 2.17. The van der Waals surface area contributed by atoms with Gasteiger partial charge in [-0.2, -0.15) is 0 Å². The predicted molar refractivity (Wildman–Crippen MR) is 64.1 cm³/mol. The molecule has 2 aromatic rings. The van der Waals surface area contributed by atoms with Crippen molar-refractivity contribution in [2.75, 3.05) is 6.61 Å². The lowest BCUT2D eigenvalue weighted by Gasteiger charge is -2.01. The number of carbonyl (C=O) groups excluding carboxylic acids is 1. The number of carbonyl (C=O) groups is 1. The Kier molecular flexibility index (Phi) is 3.21. The van der Waals surface area contributed by atoms with Crippen LogP contribution in [0.25, 0.3) is 10.2 Å². The van der Waals surface area contributed by atoms with E-state index < -0.39 is 0 Å². The lowest BCUT2D eigenvalue weighted by atomic mass is 10.2. The van der Waals surface area contributed by atoms with Crippen LogP contribution >= 0.6 is 11.3 Å². The number of H-pyrrole nitrogens is 1. The molecule has 0 fully saturated rings. The molecule has 0 bridgehead atoms. The van der Waals surface area contributed by atoms with E-state index in [2.05, 4.69) is 15.4 Å². The van der Waals surface area contributed by atoms with Crippen LogP contribution in [0, 0.1) is 6.92 Å². The van der Waals surface area contributed by atoms with Crippen LogP contribution in [0.3, 0.4) is 0 Å². The highest BCUT2D eigenvalue weighted by atomic mass is 32.1. The SMILES string of the molecule is CCONC(=O)c1sc2nc[nH]c(=O)c2c1C. The van der Waals surface area contributed by atoms with Crippen LogP contribution in [-0.2, 0) is 4.84 Å². The molecule has 0 saturated carbocycles. The van der Waals surface area contributed by atoms with Gasteiger partial charge in [-0.3, -0.25) is 14.4 Å². The standard InChI is InChI=1S/C10H11N3O3S/c1-3-16-13-9(15)7-5(2)6-8(14)11-4-12-10(6)17-7/h4H,3H2,1-2H3,(H,13,15)(H,11,12,14). The molecule has 0 aromatic carbocycles. The van der Waals surface area contributed by atoms with Crippen molar-refractivity contribution in [3.63, 3.8) is 0 Å². The first-order valence-corrected chi connectivity index (χ1v) is 5.85. The maximum atomic E-state index is 11.7. The van der Waals surface area contributed by atoms with Crippen LogP contribution in [0.5, 0.6) is 0 Å². The van der Waals surface area contributed by atoms with Gasteiger partial charge in [-0.05, 0) is 19.4 Å². The van der Waals surface area contributed by atoms with E-state index in [4.69, 9.17) is 4.84 Å². The van der Waals surface area contributed by atoms with Gasteiger partial charge in [-0.15, -0.1) is 11.3 Å². The van der Waals surface area contributed by atoms with E-state index >= 15 is 0 Å². The molecule has 0 aliphatic rings.